The number of nitrogens with zero attached hydrogens (tertiary/aromatic N) is 1. The number of para-hydroxylation sites is 1. The Balaban J connectivity index is 1.45. The molecule has 0 aliphatic carbocycles. The Morgan fingerprint density at radius 2 is 1.97 bits per heavy atom. The minimum Gasteiger partial charge on any atom is -0.463 e. The standard InChI is InChI=1S/C22H19N3O4S/c26-19(13-7-10-28-11-8-13)20-18(17-6-3-9-29-17)24-22(30-20)25-21(27)16-12-14-4-1-2-5-15(14)23-16/h1-6,9,12-13,23H,7-8,10-11H2,(H,24,25,27). The first-order chi connectivity index (χ1) is 14.7. The van der Waals surface area contributed by atoms with Gasteiger partial charge >= 0.3 is 0 Å². The number of furan rings is 1. The average Bonchev–Trinajstić information content (AvgIpc) is 3.52. The van der Waals surface area contributed by atoms with Crippen LogP contribution in [0.5, 0.6) is 0 Å². The number of nitrogens with one attached hydrogen (secondary N) is 2. The van der Waals surface area contributed by atoms with Gasteiger partial charge in [-0.15, -0.1) is 0 Å². The number of Topliss-reactive ketones (excluding diaryl/α,β-unsaturated/α-hetero) is 1. The lowest BCUT2D eigenvalue weighted by Crippen LogP contribution is -2.23. The van der Waals surface area contributed by atoms with Crippen LogP contribution in [0.1, 0.15) is 33.0 Å². The molecule has 30 heavy (non-hydrogen) atoms. The maximum absolute atomic E-state index is 13.2. The highest BCUT2D eigenvalue weighted by Crippen LogP contribution is 2.35. The molecule has 2 N–H and O–H groups in total. The molecule has 5 rings (SSSR count). The minimum atomic E-state index is -0.309. The van der Waals surface area contributed by atoms with Gasteiger partial charge in [-0.3, -0.25) is 14.9 Å². The highest BCUT2D eigenvalue weighted by Gasteiger charge is 2.29. The lowest BCUT2D eigenvalue weighted by Gasteiger charge is -2.20. The molecule has 0 bridgehead atoms. The second-order valence-electron chi connectivity index (χ2n) is 7.15. The molecule has 1 saturated heterocycles. The molecular weight excluding hydrogens is 402 g/mol. The van der Waals surface area contributed by atoms with E-state index >= 15 is 0 Å². The molecule has 0 spiro atoms. The summed E-state index contributed by atoms with van der Waals surface area (Å²) >= 11 is 1.18. The normalized spacial score (nSPS) is 14.8. The average molecular weight is 421 g/mol. The summed E-state index contributed by atoms with van der Waals surface area (Å²) < 4.78 is 10.9. The molecule has 0 atom stereocenters. The molecule has 1 aliphatic rings. The van der Waals surface area contributed by atoms with E-state index in [0.29, 0.717) is 53.2 Å². The first-order valence-electron chi connectivity index (χ1n) is 9.75. The molecule has 1 aliphatic heterocycles. The molecule has 3 aromatic heterocycles. The van der Waals surface area contributed by atoms with Gasteiger partial charge in [0.05, 0.1) is 6.26 Å². The third kappa shape index (κ3) is 3.55. The van der Waals surface area contributed by atoms with E-state index in [2.05, 4.69) is 15.3 Å². The van der Waals surface area contributed by atoms with Gasteiger partial charge in [0.2, 0.25) is 0 Å². The van der Waals surface area contributed by atoms with Crippen LogP contribution in [-0.4, -0.2) is 34.9 Å². The van der Waals surface area contributed by atoms with Crippen molar-refractivity contribution in [1.82, 2.24) is 9.97 Å². The zero-order valence-corrected chi connectivity index (χ0v) is 16.8. The smallest absolute Gasteiger partial charge is 0.273 e. The summed E-state index contributed by atoms with van der Waals surface area (Å²) in [4.78, 5) is 34.0. The molecule has 0 radical (unpaired) electrons. The number of H-pyrrole nitrogens is 1. The molecule has 0 unspecified atom stereocenters. The molecule has 8 heteroatoms. The van der Waals surface area contributed by atoms with E-state index in [9.17, 15) is 9.59 Å². The number of ketones is 1. The van der Waals surface area contributed by atoms with Crippen molar-refractivity contribution in [2.75, 3.05) is 18.5 Å². The van der Waals surface area contributed by atoms with Crippen molar-refractivity contribution in [3.05, 3.63) is 59.3 Å². The minimum absolute atomic E-state index is 0.0216. The van der Waals surface area contributed by atoms with E-state index < -0.39 is 0 Å². The van der Waals surface area contributed by atoms with Gasteiger partial charge in [0.1, 0.15) is 16.3 Å². The summed E-state index contributed by atoms with van der Waals surface area (Å²) in [5.41, 5.74) is 1.78. The number of carbonyl (C=O) groups excluding carboxylic acids is 2. The number of aromatic amines is 1. The first-order valence-corrected chi connectivity index (χ1v) is 10.6. The topological polar surface area (TPSA) is 97.2 Å². The van der Waals surface area contributed by atoms with Crippen LogP contribution in [0.15, 0.2) is 53.1 Å². The summed E-state index contributed by atoms with van der Waals surface area (Å²) in [5, 5.41) is 4.13. The number of rotatable bonds is 5. The predicted molar refractivity (Wildman–Crippen MR) is 114 cm³/mol. The summed E-state index contributed by atoms with van der Waals surface area (Å²) in [7, 11) is 0. The van der Waals surface area contributed by atoms with Crippen molar-refractivity contribution >= 4 is 39.1 Å². The molecule has 4 aromatic rings. The van der Waals surface area contributed by atoms with Gasteiger partial charge < -0.3 is 14.1 Å². The molecular formula is C22H19N3O4S. The van der Waals surface area contributed by atoms with Gasteiger partial charge in [-0.25, -0.2) is 4.98 Å². The van der Waals surface area contributed by atoms with Gasteiger partial charge in [0, 0.05) is 30.0 Å². The van der Waals surface area contributed by atoms with Crippen LogP contribution >= 0.6 is 11.3 Å². The van der Waals surface area contributed by atoms with Gasteiger partial charge in [0.15, 0.2) is 16.7 Å². The van der Waals surface area contributed by atoms with Crippen LogP contribution in [0, 0.1) is 5.92 Å². The first kappa shape index (κ1) is 18.8. The number of carbonyl (C=O) groups is 2. The summed E-state index contributed by atoms with van der Waals surface area (Å²) in [6, 6.07) is 13.0. The van der Waals surface area contributed by atoms with Crippen LogP contribution in [0.4, 0.5) is 5.13 Å². The van der Waals surface area contributed by atoms with E-state index in [-0.39, 0.29) is 17.6 Å². The molecule has 1 aromatic carbocycles. The Labute approximate surface area is 176 Å². The SMILES string of the molecule is O=C(Nc1nc(-c2ccco2)c(C(=O)C2CCOCC2)s1)c1cc2ccccc2[nH]1. The second kappa shape index (κ2) is 7.89. The fourth-order valence-corrected chi connectivity index (χ4v) is 4.61. The van der Waals surface area contributed by atoms with Crippen LogP contribution < -0.4 is 5.32 Å². The highest BCUT2D eigenvalue weighted by molar-refractivity contribution is 7.18. The monoisotopic (exact) mass is 421 g/mol. The maximum atomic E-state index is 13.2. The van der Waals surface area contributed by atoms with E-state index in [1.807, 2.05) is 24.3 Å². The van der Waals surface area contributed by atoms with Crippen molar-refractivity contribution in [1.29, 1.82) is 0 Å². The molecule has 0 saturated carbocycles. The third-order valence-corrected chi connectivity index (χ3v) is 6.18. The Morgan fingerprint density at radius 3 is 2.73 bits per heavy atom. The fraction of sp³-hybridized carbons (Fsp3) is 0.227. The number of amides is 1. The van der Waals surface area contributed by atoms with E-state index in [0.717, 1.165) is 10.9 Å². The Bertz CT molecular complexity index is 1170. The van der Waals surface area contributed by atoms with Crippen molar-refractivity contribution in [3.63, 3.8) is 0 Å². The maximum Gasteiger partial charge on any atom is 0.273 e. The van der Waals surface area contributed by atoms with Crippen LogP contribution in [-0.2, 0) is 4.74 Å². The van der Waals surface area contributed by atoms with Gasteiger partial charge in [-0.2, -0.15) is 0 Å². The second-order valence-corrected chi connectivity index (χ2v) is 8.15. The summed E-state index contributed by atoms with van der Waals surface area (Å²) in [6.07, 6.45) is 2.91. The zero-order valence-electron chi connectivity index (χ0n) is 16.0. The molecule has 152 valence electrons. The predicted octanol–water partition coefficient (Wildman–Crippen LogP) is 4.75. The molecule has 7 nitrogen and oxygen atoms in total. The Hall–Kier alpha value is -3.23. The molecule has 1 amide bonds. The molecule has 4 heterocycles. The van der Waals surface area contributed by atoms with Crippen molar-refractivity contribution in [2.45, 2.75) is 12.8 Å². The van der Waals surface area contributed by atoms with Crippen LogP contribution in [0.3, 0.4) is 0 Å². The quantitative estimate of drug-likeness (QED) is 0.454. The lowest BCUT2D eigenvalue weighted by atomic mass is 9.94. The van der Waals surface area contributed by atoms with Crippen LogP contribution in [0.25, 0.3) is 22.4 Å². The lowest BCUT2D eigenvalue weighted by molar-refractivity contribution is 0.0547. The number of hydrogen-bond donors (Lipinski definition) is 2. The van der Waals surface area contributed by atoms with E-state index in [1.54, 1.807) is 24.5 Å². The third-order valence-electron chi connectivity index (χ3n) is 5.19. The van der Waals surface area contributed by atoms with Crippen LogP contribution in [0.2, 0.25) is 0 Å². The Morgan fingerprint density at radius 1 is 1.13 bits per heavy atom. The number of hydrogen-bond acceptors (Lipinski definition) is 6. The number of thiazole rings is 1. The summed E-state index contributed by atoms with van der Waals surface area (Å²) in [6.45, 7) is 1.16. The number of benzene rings is 1. The fourth-order valence-electron chi connectivity index (χ4n) is 3.63. The summed E-state index contributed by atoms with van der Waals surface area (Å²) in [5.74, 6) is 0.113. The van der Waals surface area contributed by atoms with Crippen molar-refractivity contribution in [3.8, 4) is 11.5 Å². The zero-order chi connectivity index (χ0) is 20.5. The highest BCUT2D eigenvalue weighted by atomic mass is 32.1. The van der Waals surface area contributed by atoms with Gasteiger partial charge in [-0.1, -0.05) is 29.5 Å². The largest absolute Gasteiger partial charge is 0.463 e. The number of anilines is 1. The van der Waals surface area contributed by atoms with E-state index in [4.69, 9.17) is 9.15 Å². The number of aromatic nitrogens is 2. The number of fused-ring (bicyclic) bond motifs is 1. The van der Waals surface area contributed by atoms with Crippen molar-refractivity contribution < 1.29 is 18.7 Å². The Kier molecular flexibility index (Phi) is 4.94. The number of ether oxygens (including phenoxy) is 1. The van der Waals surface area contributed by atoms with Crippen molar-refractivity contribution in [2.24, 2.45) is 5.92 Å². The van der Waals surface area contributed by atoms with Gasteiger partial charge in [0.25, 0.3) is 5.91 Å². The molecule has 1 fully saturated rings. The van der Waals surface area contributed by atoms with Gasteiger partial charge in [-0.05, 0) is 37.1 Å². The van der Waals surface area contributed by atoms with E-state index in [1.165, 1.54) is 11.3 Å².